The molecule has 1 unspecified atom stereocenters. The smallest absolute Gasteiger partial charge is 0.0521 e. The molecule has 16 heavy (non-hydrogen) atoms. The van der Waals surface area contributed by atoms with Crippen LogP contribution in [0.4, 0.5) is 0 Å². The highest BCUT2D eigenvalue weighted by atomic mass is 15.3. The van der Waals surface area contributed by atoms with E-state index in [2.05, 4.69) is 49.3 Å². The zero-order valence-corrected chi connectivity index (χ0v) is 10.9. The van der Waals surface area contributed by atoms with E-state index < -0.39 is 0 Å². The molecule has 1 rings (SSSR count). The minimum Gasteiger partial charge on any atom is -0.310 e. The molecule has 0 fully saturated rings. The summed E-state index contributed by atoms with van der Waals surface area (Å²) >= 11 is 0. The van der Waals surface area contributed by atoms with Gasteiger partial charge in [0.25, 0.3) is 0 Å². The van der Waals surface area contributed by atoms with Crippen molar-refractivity contribution in [1.29, 1.82) is 0 Å². The van der Waals surface area contributed by atoms with Gasteiger partial charge >= 0.3 is 0 Å². The van der Waals surface area contributed by atoms with Crippen LogP contribution in [-0.4, -0.2) is 41.4 Å². The van der Waals surface area contributed by atoms with Gasteiger partial charge in [0.1, 0.15) is 0 Å². The maximum Gasteiger partial charge on any atom is 0.0521 e. The van der Waals surface area contributed by atoms with Crippen LogP contribution in [0.2, 0.25) is 0 Å². The van der Waals surface area contributed by atoms with Crippen LogP contribution in [0, 0.1) is 0 Å². The normalized spacial score (nSPS) is 13.3. The maximum atomic E-state index is 4.25. The molecule has 4 heteroatoms. The Balaban J connectivity index is 2.35. The highest BCUT2D eigenvalue weighted by Gasteiger charge is 2.08. The Bertz CT molecular complexity index is 293. The number of hydrogen-bond donors (Lipinski definition) is 1. The quantitative estimate of drug-likeness (QED) is 0.758. The SMILES string of the molecule is CCC(CNCc1ccnn1CC)N(C)C. The molecule has 1 atom stereocenters. The van der Waals surface area contributed by atoms with Gasteiger partial charge < -0.3 is 10.2 Å². The molecule has 0 aromatic carbocycles. The van der Waals surface area contributed by atoms with E-state index in [-0.39, 0.29) is 0 Å². The Hall–Kier alpha value is -0.870. The highest BCUT2D eigenvalue weighted by Crippen LogP contribution is 2.00. The fourth-order valence-corrected chi connectivity index (χ4v) is 1.85. The molecule has 0 aliphatic heterocycles. The Morgan fingerprint density at radius 1 is 1.44 bits per heavy atom. The molecule has 0 radical (unpaired) electrons. The van der Waals surface area contributed by atoms with Crippen molar-refractivity contribution in [2.45, 2.75) is 39.4 Å². The topological polar surface area (TPSA) is 33.1 Å². The van der Waals surface area contributed by atoms with Crippen molar-refractivity contribution in [2.24, 2.45) is 0 Å². The van der Waals surface area contributed by atoms with Crippen molar-refractivity contribution >= 4 is 0 Å². The minimum atomic E-state index is 0.609. The molecule has 0 bridgehead atoms. The molecular formula is C12H24N4. The molecule has 0 aliphatic carbocycles. The number of rotatable bonds is 7. The molecule has 0 aliphatic rings. The summed E-state index contributed by atoms with van der Waals surface area (Å²) in [5.41, 5.74) is 1.26. The Morgan fingerprint density at radius 2 is 2.19 bits per heavy atom. The first kappa shape index (κ1) is 13.2. The second kappa shape index (κ2) is 6.66. The van der Waals surface area contributed by atoms with E-state index in [0.29, 0.717) is 6.04 Å². The lowest BCUT2D eigenvalue weighted by molar-refractivity contribution is 0.275. The van der Waals surface area contributed by atoms with Gasteiger partial charge in [-0.15, -0.1) is 0 Å². The summed E-state index contributed by atoms with van der Waals surface area (Å²) in [6, 6.07) is 2.69. The summed E-state index contributed by atoms with van der Waals surface area (Å²) in [5.74, 6) is 0. The van der Waals surface area contributed by atoms with Crippen LogP contribution < -0.4 is 5.32 Å². The Morgan fingerprint density at radius 3 is 2.75 bits per heavy atom. The minimum absolute atomic E-state index is 0.609. The zero-order valence-electron chi connectivity index (χ0n) is 10.9. The summed E-state index contributed by atoms with van der Waals surface area (Å²) in [5, 5.41) is 7.75. The van der Waals surface area contributed by atoms with Crippen LogP contribution >= 0.6 is 0 Å². The fraction of sp³-hybridized carbons (Fsp3) is 0.750. The lowest BCUT2D eigenvalue weighted by atomic mass is 10.2. The number of nitrogens with one attached hydrogen (secondary N) is 1. The number of likely N-dealkylation sites (N-methyl/N-ethyl adjacent to an activating group) is 1. The standard InChI is InChI=1S/C12H24N4/c1-5-11(15(3)4)9-13-10-12-7-8-14-16(12)6-2/h7-8,11,13H,5-6,9-10H2,1-4H3. The third-order valence-corrected chi connectivity index (χ3v) is 2.99. The molecule has 1 aromatic rings. The van der Waals surface area contributed by atoms with Crippen molar-refractivity contribution in [3.63, 3.8) is 0 Å². The van der Waals surface area contributed by atoms with Gasteiger partial charge in [-0.3, -0.25) is 4.68 Å². The van der Waals surface area contributed by atoms with Crippen molar-refractivity contribution in [3.8, 4) is 0 Å². The molecule has 1 aromatic heterocycles. The van der Waals surface area contributed by atoms with Gasteiger partial charge in [-0.05, 0) is 33.5 Å². The van der Waals surface area contributed by atoms with Crippen molar-refractivity contribution in [1.82, 2.24) is 20.0 Å². The number of hydrogen-bond acceptors (Lipinski definition) is 3. The van der Waals surface area contributed by atoms with Gasteiger partial charge in [0.2, 0.25) is 0 Å². The first-order chi connectivity index (χ1) is 7.69. The van der Waals surface area contributed by atoms with E-state index in [1.807, 2.05) is 10.9 Å². The fourth-order valence-electron chi connectivity index (χ4n) is 1.85. The van der Waals surface area contributed by atoms with Gasteiger partial charge in [0.15, 0.2) is 0 Å². The molecule has 1 heterocycles. The summed E-state index contributed by atoms with van der Waals surface area (Å²) in [6.45, 7) is 7.21. The molecule has 0 saturated heterocycles. The van der Waals surface area contributed by atoms with Gasteiger partial charge in [-0.1, -0.05) is 6.92 Å². The number of aryl methyl sites for hydroxylation is 1. The molecule has 4 nitrogen and oxygen atoms in total. The van der Waals surface area contributed by atoms with Crippen LogP contribution in [-0.2, 0) is 13.1 Å². The summed E-state index contributed by atoms with van der Waals surface area (Å²) in [7, 11) is 4.26. The van der Waals surface area contributed by atoms with E-state index in [1.165, 1.54) is 12.1 Å². The van der Waals surface area contributed by atoms with E-state index in [9.17, 15) is 0 Å². The second-order valence-corrected chi connectivity index (χ2v) is 4.29. The van der Waals surface area contributed by atoms with Crippen LogP contribution in [0.15, 0.2) is 12.3 Å². The largest absolute Gasteiger partial charge is 0.310 e. The third kappa shape index (κ3) is 3.61. The second-order valence-electron chi connectivity index (χ2n) is 4.29. The summed E-state index contributed by atoms with van der Waals surface area (Å²) in [6.07, 6.45) is 3.04. The molecule has 1 N–H and O–H groups in total. The molecule has 0 amide bonds. The first-order valence-corrected chi connectivity index (χ1v) is 6.06. The molecule has 0 saturated carbocycles. The lowest BCUT2D eigenvalue weighted by Crippen LogP contribution is -2.37. The Kier molecular flexibility index (Phi) is 5.49. The predicted molar refractivity (Wildman–Crippen MR) is 67.4 cm³/mol. The molecular weight excluding hydrogens is 200 g/mol. The average Bonchev–Trinajstić information content (AvgIpc) is 2.71. The van der Waals surface area contributed by atoms with Crippen LogP contribution in [0.25, 0.3) is 0 Å². The van der Waals surface area contributed by atoms with Crippen LogP contribution in [0.5, 0.6) is 0 Å². The van der Waals surface area contributed by atoms with E-state index >= 15 is 0 Å². The van der Waals surface area contributed by atoms with Gasteiger partial charge in [-0.2, -0.15) is 5.10 Å². The maximum absolute atomic E-state index is 4.25. The van der Waals surface area contributed by atoms with E-state index in [1.54, 1.807) is 0 Å². The summed E-state index contributed by atoms with van der Waals surface area (Å²) in [4.78, 5) is 2.27. The van der Waals surface area contributed by atoms with Crippen LogP contribution in [0.1, 0.15) is 26.0 Å². The monoisotopic (exact) mass is 224 g/mol. The average molecular weight is 224 g/mol. The summed E-state index contributed by atoms with van der Waals surface area (Å²) < 4.78 is 2.03. The van der Waals surface area contributed by atoms with E-state index in [4.69, 9.17) is 0 Å². The van der Waals surface area contributed by atoms with Crippen molar-refractivity contribution in [2.75, 3.05) is 20.6 Å². The zero-order chi connectivity index (χ0) is 12.0. The molecule has 0 spiro atoms. The highest BCUT2D eigenvalue weighted by molar-refractivity contribution is 4.99. The van der Waals surface area contributed by atoms with E-state index in [0.717, 1.165) is 19.6 Å². The molecule has 92 valence electrons. The number of aromatic nitrogens is 2. The number of nitrogens with zero attached hydrogens (tertiary/aromatic N) is 3. The van der Waals surface area contributed by atoms with Gasteiger partial charge in [-0.25, -0.2) is 0 Å². The van der Waals surface area contributed by atoms with Gasteiger partial charge in [0.05, 0.1) is 5.69 Å². The van der Waals surface area contributed by atoms with Gasteiger partial charge in [0, 0.05) is 31.9 Å². The predicted octanol–water partition coefficient (Wildman–Crippen LogP) is 1.33. The lowest BCUT2D eigenvalue weighted by Gasteiger charge is -2.23. The van der Waals surface area contributed by atoms with Crippen LogP contribution in [0.3, 0.4) is 0 Å². The van der Waals surface area contributed by atoms with Crippen molar-refractivity contribution in [3.05, 3.63) is 18.0 Å². The Labute approximate surface area is 98.6 Å². The third-order valence-electron chi connectivity index (χ3n) is 2.99. The van der Waals surface area contributed by atoms with Crippen molar-refractivity contribution < 1.29 is 0 Å². The first-order valence-electron chi connectivity index (χ1n) is 6.06.